The van der Waals surface area contributed by atoms with Crippen molar-refractivity contribution in [2.45, 2.75) is 36.7 Å². The molecule has 1 saturated heterocycles. The zero-order chi connectivity index (χ0) is 19.3. The summed E-state index contributed by atoms with van der Waals surface area (Å²) in [7, 11) is 0. The largest absolute Gasteiger partial charge is 0.417 e. The number of aromatic nitrogens is 1. The Morgan fingerprint density at radius 2 is 2.22 bits per heavy atom. The molecule has 0 bridgehead atoms. The fourth-order valence-corrected chi connectivity index (χ4v) is 4.20. The van der Waals surface area contributed by atoms with Crippen LogP contribution in [0, 0.1) is 0 Å². The second kappa shape index (κ2) is 9.07. The van der Waals surface area contributed by atoms with Crippen molar-refractivity contribution in [1.82, 2.24) is 9.88 Å². The number of pyridine rings is 1. The van der Waals surface area contributed by atoms with Crippen molar-refractivity contribution < 1.29 is 22.7 Å². The Hall–Kier alpha value is -1.58. The number of carbonyl (C=O) groups excluding carboxylic acids is 1. The molecule has 9 heteroatoms. The molecule has 4 nitrogen and oxygen atoms in total. The molecule has 146 valence electrons. The van der Waals surface area contributed by atoms with Gasteiger partial charge >= 0.3 is 6.18 Å². The Balaban J connectivity index is 1.59. The molecule has 3 heterocycles. The number of carbonyl (C=O) groups is 1. The highest BCUT2D eigenvalue weighted by Gasteiger charge is 2.30. The van der Waals surface area contributed by atoms with Crippen molar-refractivity contribution in [2.24, 2.45) is 0 Å². The van der Waals surface area contributed by atoms with E-state index >= 15 is 0 Å². The lowest BCUT2D eigenvalue weighted by Crippen LogP contribution is -2.37. The van der Waals surface area contributed by atoms with Crippen molar-refractivity contribution in [3.63, 3.8) is 0 Å². The minimum Gasteiger partial charge on any atom is -0.376 e. The first-order chi connectivity index (χ1) is 12.9. The Morgan fingerprint density at radius 1 is 1.37 bits per heavy atom. The second-order valence-corrected chi connectivity index (χ2v) is 8.19. The van der Waals surface area contributed by atoms with Gasteiger partial charge in [0.05, 0.1) is 29.0 Å². The summed E-state index contributed by atoms with van der Waals surface area (Å²) in [6, 6.07) is 6.20. The summed E-state index contributed by atoms with van der Waals surface area (Å²) < 4.78 is 43.4. The van der Waals surface area contributed by atoms with Crippen LogP contribution in [0.4, 0.5) is 13.2 Å². The summed E-state index contributed by atoms with van der Waals surface area (Å²) in [6.07, 6.45) is -1.64. The van der Waals surface area contributed by atoms with Crippen LogP contribution >= 0.6 is 23.1 Å². The first-order valence-electron chi connectivity index (χ1n) is 8.49. The van der Waals surface area contributed by atoms with Crippen LogP contribution in [0.2, 0.25) is 0 Å². The van der Waals surface area contributed by atoms with Crippen molar-refractivity contribution in [1.29, 1.82) is 0 Å². The molecule has 2 aromatic heterocycles. The standard InChI is InChI=1S/C18H19F3N2O2S2/c19-18(20,21)13-5-6-16(22-9-13)27-12-17(24)23(10-14-3-1-7-25-14)11-15-4-2-8-26-15/h2,4-6,8-9,14H,1,3,7,10-12H2. The summed E-state index contributed by atoms with van der Waals surface area (Å²) in [5, 5.41) is 2.36. The van der Waals surface area contributed by atoms with Gasteiger partial charge in [-0.2, -0.15) is 13.2 Å². The molecule has 1 atom stereocenters. The normalized spacial score (nSPS) is 17.2. The van der Waals surface area contributed by atoms with Crippen LogP contribution in [0.5, 0.6) is 0 Å². The zero-order valence-corrected chi connectivity index (χ0v) is 16.1. The molecule has 2 aromatic rings. The Bertz CT molecular complexity index is 730. The van der Waals surface area contributed by atoms with Gasteiger partial charge in [-0.15, -0.1) is 11.3 Å². The summed E-state index contributed by atoms with van der Waals surface area (Å²) in [6.45, 7) is 1.75. The molecule has 0 aromatic carbocycles. The fourth-order valence-electron chi connectivity index (χ4n) is 2.74. The number of halogens is 3. The van der Waals surface area contributed by atoms with E-state index in [1.165, 1.54) is 6.07 Å². The molecule has 3 rings (SSSR count). The van der Waals surface area contributed by atoms with Gasteiger partial charge in [0.2, 0.25) is 5.91 Å². The number of hydrogen-bond acceptors (Lipinski definition) is 5. The molecule has 0 spiro atoms. The fraction of sp³-hybridized carbons (Fsp3) is 0.444. The molecule has 1 aliphatic rings. The average molecular weight is 416 g/mol. The van der Waals surface area contributed by atoms with E-state index in [0.717, 1.165) is 48.4 Å². The third-order valence-corrected chi connectivity index (χ3v) is 5.92. The first-order valence-corrected chi connectivity index (χ1v) is 10.4. The summed E-state index contributed by atoms with van der Waals surface area (Å²) in [5.74, 6) is 0.0433. The van der Waals surface area contributed by atoms with Crippen molar-refractivity contribution in [2.75, 3.05) is 18.9 Å². The van der Waals surface area contributed by atoms with Crippen LogP contribution in [0.3, 0.4) is 0 Å². The van der Waals surface area contributed by atoms with E-state index in [9.17, 15) is 18.0 Å². The highest BCUT2D eigenvalue weighted by atomic mass is 32.2. The lowest BCUT2D eigenvalue weighted by molar-refractivity contribution is -0.138. The molecule has 1 fully saturated rings. The molecule has 0 N–H and O–H groups in total. The number of alkyl halides is 3. The van der Waals surface area contributed by atoms with Crippen LogP contribution in [0.1, 0.15) is 23.3 Å². The maximum atomic E-state index is 12.7. The molecule has 1 aliphatic heterocycles. The van der Waals surface area contributed by atoms with Gasteiger partial charge in [-0.1, -0.05) is 17.8 Å². The molecule has 1 unspecified atom stereocenters. The van der Waals surface area contributed by atoms with Gasteiger partial charge in [0, 0.05) is 24.2 Å². The maximum absolute atomic E-state index is 12.7. The van der Waals surface area contributed by atoms with Gasteiger partial charge in [-0.05, 0) is 36.4 Å². The van der Waals surface area contributed by atoms with Gasteiger partial charge in [-0.25, -0.2) is 4.98 Å². The molecule has 0 aliphatic carbocycles. The Labute approximate surface area is 163 Å². The van der Waals surface area contributed by atoms with E-state index in [2.05, 4.69) is 4.98 Å². The van der Waals surface area contributed by atoms with Crippen LogP contribution in [0.15, 0.2) is 40.9 Å². The van der Waals surface area contributed by atoms with Crippen LogP contribution in [-0.2, 0) is 22.3 Å². The number of thiophene rings is 1. The van der Waals surface area contributed by atoms with E-state index in [0.29, 0.717) is 18.1 Å². The monoisotopic (exact) mass is 416 g/mol. The summed E-state index contributed by atoms with van der Waals surface area (Å²) in [5.41, 5.74) is -0.795. The number of hydrogen-bond donors (Lipinski definition) is 0. The second-order valence-electron chi connectivity index (χ2n) is 6.16. The predicted molar refractivity (Wildman–Crippen MR) is 98.7 cm³/mol. The predicted octanol–water partition coefficient (Wildman–Crippen LogP) is 4.46. The molecule has 0 saturated carbocycles. The highest BCUT2D eigenvalue weighted by molar-refractivity contribution is 7.99. The number of nitrogens with zero attached hydrogens (tertiary/aromatic N) is 2. The average Bonchev–Trinajstić information content (AvgIpc) is 3.33. The third kappa shape index (κ3) is 5.95. The van der Waals surface area contributed by atoms with Gasteiger partial charge in [0.25, 0.3) is 0 Å². The quantitative estimate of drug-likeness (QED) is 0.625. The number of rotatable bonds is 7. The lowest BCUT2D eigenvalue weighted by Gasteiger charge is -2.25. The topological polar surface area (TPSA) is 42.4 Å². The third-order valence-electron chi connectivity index (χ3n) is 4.13. The smallest absolute Gasteiger partial charge is 0.376 e. The lowest BCUT2D eigenvalue weighted by atomic mass is 10.2. The van der Waals surface area contributed by atoms with Crippen molar-refractivity contribution in [3.05, 3.63) is 46.3 Å². The van der Waals surface area contributed by atoms with Crippen LogP contribution < -0.4 is 0 Å². The Morgan fingerprint density at radius 3 is 2.81 bits per heavy atom. The summed E-state index contributed by atoms with van der Waals surface area (Å²) in [4.78, 5) is 19.4. The van der Waals surface area contributed by atoms with Gasteiger partial charge in [0.15, 0.2) is 0 Å². The number of ether oxygens (including phenoxy) is 1. The van der Waals surface area contributed by atoms with E-state index in [4.69, 9.17) is 4.74 Å². The van der Waals surface area contributed by atoms with Gasteiger partial charge in [0.1, 0.15) is 0 Å². The molecular weight excluding hydrogens is 397 g/mol. The SMILES string of the molecule is O=C(CSc1ccc(C(F)(F)F)cn1)N(Cc1cccs1)CC1CCCO1. The van der Waals surface area contributed by atoms with Gasteiger partial charge < -0.3 is 9.64 Å². The molecule has 0 radical (unpaired) electrons. The number of thioether (sulfide) groups is 1. The van der Waals surface area contributed by atoms with Crippen LogP contribution in [-0.4, -0.2) is 40.8 Å². The van der Waals surface area contributed by atoms with Crippen LogP contribution in [0.25, 0.3) is 0 Å². The highest BCUT2D eigenvalue weighted by Crippen LogP contribution is 2.29. The summed E-state index contributed by atoms with van der Waals surface area (Å²) >= 11 is 2.72. The Kier molecular flexibility index (Phi) is 6.78. The van der Waals surface area contributed by atoms with Crippen molar-refractivity contribution in [3.8, 4) is 0 Å². The zero-order valence-electron chi connectivity index (χ0n) is 14.4. The molecule has 1 amide bonds. The first kappa shape index (κ1) is 20.2. The minimum atomic E-state index is -4.41. The minimum absolute atomic E-state index is 0.0445. The maximum Gasteiger partial charge on any atom is 0.417 e. The molecular formula is C18H19F3N2O2S2. The van der Waals surface area contributed by atoms with Crippen molar-refractivity contribution >= 4 is 29.0 Å². The van der Waals surface area contributed by atoms with Gasteiger partial charge in [-0.3, -0.25) is 4.79 Å². The van der Waals surface area contributed by atoms with E-state index in [1.807, 2.05) is 17.5 Å². The van der Waals surface area contributed by atoms with E-state index in [1.54, 1.807) is 16.2 Å². The molecule has 27 heavy (non-hydrogen) atoms. The van der Waals surface area contributed by atoms with E-state index < -0.39 is 11.7 Å². The number of amides is 1. The van der Waals surface area contributed by atoms with E-state index in [-0.39, 0.29) is 17.8 Å².